The van der Waals surface area contributed by atoms with E-state index >= 15 is 0 Å². The van der Waals surface area contributed by atoms with E-state index in [1.807, 2.05) is 0 Å². The third-order valence-corrected chi connectivity index (χ3v) is 3.38. The normalized spacial score (nSPS) is 15.8. The Labute approximate surface area is 112 Å². The Hall–Kier alpha value is -2.09. The van der Waals surface area contributed by atoms with Crippen LogP contribution in [0.25, 0.3) is 0 Å². The van der Waals surface area contributed by atoms with Crippen LogP contribution in [0.2, 0.25) is 0 Å². The number of carbonyl (C=O) groups is 1. The first-order valence-electron chi connectivity index (χ1n) is 5.91. The number of carbonyl (C=O) groups excluding carboxylic acids is 1. The molecule has 0 aliphatic heterocycles. The fraction of sp³-hybridized carbons (Fsp3) is 0.417. The van der Waals surface area contributed by atoms with Crippen molar-refractivity contribution in [2.24, 2.45) is 5.41 Å². The van der Waals surface area contributed by atoms with Gasteiger partial charge in [-0.3, -0.25) is 14.9 Å². The number of aliphatic hydroxyl groups is 1. The molecule has 20 heavy (non-hydrogen) atoms. The van der Waals surface area contributed by atoms with Crippen molar-refractivity contribution in [3.05, 3.63) is 39.4 Å². The van der Waals surface area contributed by atoms with E-state index in [0.717, 1.165) is 12.8 Å². The number of hydrogen-bond donors (Lipinski definition) is 2. The highest BCUT2D eigenvalue weighted by atomic mass is 19.1. The van der Waals surface area contributed by atoms with Crippen LogP contribution in [0.5, 0.6) is 0 Å². The smallest absolute Gasteiger partial charge is 0.308 e. The molecule has 2 N–H and O–H groups in total. The van der Waals surface area contributed by atoms with Gasteiger partial charge in [0.25, 0.3) is 5.91 Å². The third-order valence-electron chi connectivity index (χ3n) is 3.38. The standard InChI is InChI=1S/C12H12F2N2O4/c13-7-3-8(10(14)9(4-7)16(19)20)11(18)15-5-12(6-17)1-2-12/h3-4,17H,1-2,5-6H2,(H,15,18). The van der Waals surface area contributed by atoms with Gasteiger partial charge in [-0.15, -0.1) is 0 Å². The summed E-state index contributed by atoms with van der Waals surface area (Å²) in [7, 11) is 0. The first-order chi connectivity index (χ1) is 9.38. The summed E-state index contributed by atoms with van der Waals surface area (Å²) < 4.78 is 26.9. The highest BCUT2D eigenvalue weighted by molar-refractivity contribution is 5.95. The second-order valence-electron chi connectivity index (χ2n) is 4.88. The highest BCUT2D eigenvalue weighted by Gasteiger charge is 2.42. The number of halogens is 2. The SMILES string of the molecule is O=C(NCC1(CO)CC1)c1cc(F)cc([N+](=O)[O-])c1F. The zero-order chi connectivity index (χ0) is 14.9. The van der Waals surface area contributed by atoms with Crippen LogP contribution in [0.1, 0.15) is 23.2 Å². The van der Waals surface area contributed by atoms with Crippen LogP contribution in [0.3, 0.4) is 0 Å². The van der Waals surface area contributed by atoms with Gasteiger partial charge >= 0.3 is 5.69 Å². The van der Waals surface area contributed by atoms with E-state index in [0.29, 0.717) is 12.1 Å². The third kappa shape index (κ3) is 2.74. The molecule has 1 aromatic rings. The van der Waals surface area contributed by atoms with Crippen LogP contribution in [-0.2, 0) is 0 Å². The first-order valence-corrected chi connectivity index (χ1v) is 5.91. The predicted octanol–water partition coefficient (Wildman–Crippen LogP) is 1.38. The van der Waals surface area contributed by atoms with Gasteiger partial charge < -0.3 is 10.4 Å². The molecular weight excluding hydrogens is 274 g/mol. The van der Waals surface area contributed by atoms with Gasteiger partial charge in [0.1, 0.15) is 5.82 Å². The highest BCUT2D eigenvalue weighted by Crippen LogP contribution is 2.44. The molecule has 6 nitrogen and oxygen atoms in total. The lowest BCUT2D eigenvalue weighted by atomic mass is 10.1. The average molecular weight is 286 g/mol. The van der Waals surface area contributed by atoms with Crippen molar-refractivity contribution in [2.75, 3.05) is 13.2 Å². The van der Waals surface area contributed by atoms with Gasteiger partial charge in [-0.05, 0) is 18.9 Å². The number of amides is 1. The monoisotopic (exact) mass is 286 g/mol. The van der Waals surface area contributed by atoms with Crippen LogP contribution in [-0.4, -0.2) is 29.1 Å². The quantitative estimate of drug-likeness (QED) is 0.631. The molecule has 0 aromatic heterocycles. The zero-order valence-corrected chi connectivity index (χ0v) is 10.4. The molecular formula is C12H12F2N2O4. The Morgan fingerprint density at radius 2 is 2.10 bits per heavy atom. The summed E-state index contributed by atoms with van der Waals surface area (Å²) in [4.78, 5) is 21.2. The van der Waals surface area contributed by atoms with Crippen LogP contribution in [0.15, 0.2) is 12.1 Å². The second kappa shape index (κ2) is 5.12. The Morgan fingerprint density at radius 1 is 1.45 bits per heavy atom. The van der Waals surface area contributed by atoms with E-state index < -0.39 is 39.1 Å². The molecule has 0 unspecified atom stereocenters. The molecule has 0 heterocycles. The largest absolute Gasteiger partial charge is 0.396 e. The Balaban J connectivity index is 2.19. The van der Waals surface area contributed by atoms with Crippen LogP contribution in [0.4, 0.5) is 14.5 Å². The number of rotatable bonds is 5. The van der Waals surface area contributed by atoms with E-state index in [9.17, 15) is 23.7 Å². The van der Waals surface area contributed by atoms with Crippen LogP contribution < -0.4 is 5.32 Å². The molecule has 2 rings (SSSR count). The number of nitro groups is 1. The number of aliphatic hydroxyl groups excluding tert-OH is 1. The minimum Gasteiger partial charge on any atom is -0.396 e. The fourth-order valence-electron chi connectivity index (χ4n) is 1.80. The molecule has 1 aromatic carbocycles. The van der Waals surface area contributed by atoms with Crippen molar-refractivity contribution in [3.63, 3.8) is 0 Å². The predicted molar refractivity (Wildman–Crippen MR) is 64.1 cm³/mol. The Kier molecular flexibility index (Phi) is 3.67. The molecule has 1 fully saturated rings. The first kappa shape index (κ1) is 14.3. The average Bonchev–Trinajstić information content (AvgIpc) is 3.18. The van der Waals surface area contributed by atoms with Crippen molar-refractivity contribution < 1.29 is 23.6 Å². The zero-order valence-electron chi connectivity index (χ0n) is 10.4. The molecule has 108 valence electrons. The summed E-state index contributed by atoms with van der Waals surface area (Å²) in [5.74, 6) is -3.38. The minimum absolute atomic E-state index is 0.112. The topological polar surface area (TPSA) is 92.5 Å². The fourth-order valence-corrected chi connectivity index (χ4v) is 1.80. The molecule has 0 bridgehead atoms. The van der Waals surface area contributed by atoms with Crippen molar-refractivity contribution in [1.82, 2.24) is 5.32 Å². The maximum atomic E-state index is 13.8. The summed E-state index contributed by atoms with van der Waals surface area (Å²) in [6, 6.07) is 1.03. The van der Waals surface area contributed by atoms with Gasteiger partial charge in [0, 0.05) is 12.0 Å². The summed E-state index contributed by atoms with van der Waals surface area (Å²) in [5, 5.41) is 22.0. The molecule has 8 heteroatoms. The van der Waals surface area contributed by atoms with Gasteiger partial charge in [-0.25, -0.2) is 4.39 Å². The van der Waals surface area contributed by atoms with E-state index in [2.05, 4.69) is 5.32 Å². The van der Waals surface area contributed by atoms with Crippen molar-refractivity contribution in [1.29, 1.82) is 0 Å². The van der Waals surface area contributed by atoms with Gasteiger partial charge in [0.05, 0.1) is 23.2 Å². The van der Waals surface area contributed by atoms with Crippen LogP contribution >= 0.6 is 0 Å². The number of nitrogens with one attached hydrogen (secondary N) is 1. The summed E-state index contributed by atoms with van der Waals surface area (Å²) in [6.07, 6.45) is 1.46. The summed E-state index contributed by atoms with van der Waals surface area (Å²) >= 11 is 0. The second-order valence-corrected chi connectivity index (χ2v) is 4.88. The van der Waals surface area contributed by atoms with Crippen LogP contribution in [0, 0.1) is 27.2 Å². The molecule has 0 saturated heterocycles. The van der Waals surface area contributed by atoms with Crippen molar-refractivity contribution in [3.8, 4) is 0 Å². The number of benzene rings is 1. The maximum absolute atomic E-state index is 13.8. The summed E-state index contributed by atoms with van der Waals surface area (Å²) in [6.45, 7) is 0.00510. The van der Waals surface area contributed by atoms with Gasteiger partial charge in [0.2, 0.25) is 5.82 Å². The Morgan fingerprint density at radius 3 is 2.60 bits per heavy atom. The number of nitrogens with zero attached hydrogens (tertiary/aromatic N) is 1. The molecule has 1 aliphatic carbocycles. The molecule has 0 spiro atoms. The minimum atomic E-state index is -1.37. The lowest BCUT2D eigenvalue weighted by Gasteiger charge is -2.13. The molecule has 0 radical (unpaired) electrons. The van der Waals surface area contributed by atoms with Crippen molar-refractivity contribution >= 4 is 11.6 Å². The van der Waals surface area contributed by atoms with Gasteiger partial charge in [-0.1, -0.05) is 0 Å². The van der Waals surface area contributed by atoms with E-state index in [-0.39, 0.29) is 13.2 Å². The van der Waals surface area contributed by atoms with E-state index in [4.69, 9.17) is 5.11 Å². The number of hydrogen-bond acceptors (Lipinski definition) is 4. The van der Waals surface area contributed by atoms with Gasteiger partial charge in [0.15, 0.2) is 0 Å². The molecule has 1 saturated carbocycles. The maximum Gasteiger partial charge on any atom is 0.308 e. The Bertz CT molecular complexity index is 573. The van der Waals surface area contributed by atoms with E-state index in [1.165, 1.54) is 0 Å². The van der Waals surface area contributed by atoms with Gasteiger partial charge in [-0.2, -0.15) is 4.39 Å². The van der Waals surface area contributed by atoms with Crippen molar-refractivity contribution in [2.45, 2.75) is 12.8 Å². The molecule has 1 amide bonds. The lowest BCUT2D eigenvalue weighted by molar-refractivity contribution is -0.387. The number of nitro benzene ring substituents is 1. The van der Waals surface area contributed by atoms with E-state index in [1.54, 1.807) is 0 Å². The molecule has 0 atom stereocenters. The lowest BCUT2D eigenvalue weighted by Crippen LogP contribution is -2.32. The molecule has 1 aliphatic rings. The summed E-state index contributed by atoms with van der Waals surface area (Å²) in [5.41, 5.74) is -2.20.